The second-order valence-electron chi connectivity index (χ2n) is 5.54. The molecule has 0 heterocycles. The van der Waals surface area contributed by atoms with Crippen molar-refractivity contribution in [2.24, 2.45) is 0 Å². The number of carbonyl (C=O) groups excluding carboxylic acids is 1. The summed E-state index contributed by atoms with van der Waals surface area (Å²) in [5.74, 6) is 0. The minimum atomic E-state index is -3.90. The van der Waals surface area contributed by atoms with E-state index in [0.717, 1.165) is 0 Å². The molecule has 0 bridgehead atoms. The van der Waals surface area contributed by atoms with E-state index in [9.17, 15) is 13.2 Å². The standard InChI is InChI=1S/C13H18Cl2N2O4S/c1-13(2,3)21-12(18)17-11(8-16-22(15,19)20)9-4-6-10(14)7-5-9/h4-7,11,16H,8H2,1-3H3,(H,17,18). The summed E-state index contributed by atoms with van der Waals surface area (Å²) in [5, 5.41) is 3.12. The molecule has 22 heavy (non-hydrogen) atoms. The van der Waals surface area contributed by atoms with Gasteiger partial charge in [0.2, 0.25) is 0 Å². The fraction of sp³-hybridized carbons (Fsp3) is 0.462. The van der Waals surface area contributed by atoms with Gasteiger partial charge in [0.25, 0.3) is 9.24 Å². The van der Waals surface area contributed by atoms with Crippen LogP contribution in [0.1, 0.15) is 32.4 Å². The van der Waals surface area contributed by atoms with Crippen molar-refractivity contribution in [2.45, 2.75) is 32.4 Å². The molecule has 0 saturated heterocycles. The number of halogens is 2. The highest BCUT2D eigenvalue weighted by atomic mass is 35.7. The molecule has 0 spiro atoms. The first kappa shape index (κ1) is 19.0. The molecule has 0 aliphatic heterocycles. The van der Waals surface area contributed by atoms with E-state index in [4.69, 9.17) is 27.0 Å². The van der Waals surface area contributed by atoms with Crippen molar-refractivity contribution >= 4 is 37.6 Å². The van der Waals surface area contributed by atoms with Gasteiger partial charge in [-0.05, 0) is 38.5 Å². The van der Waals surface area contributed by atoms with Crippen LogP contribution in [0.2, 0.25) is 5.02 Å². The molecule has 1 aromatic carbocycles. The average Bonchev–Trinajstić information content (AvgIpc) is 2.32. The zero-order valence-corrected chi connectivity index (χ0v) is 14.7. The Kier molecular flexibility index (Phi) is 6.49. The molecule has 1 amide bonds. The van der Waals surface area contributed by atoms with Gasteiger partial charge in [-0.15, -0.1) is 0 Å². The number of nitrogens with one attached hydrogen (secondary N) is 2. The Morgan fingerprint density at radius 2 is 1.82 bits per heavy atom. The number of amides is 1. The van der Waals surface area contributed by atoms with E-state index in [0.29, 0.717) is 10.6 Å². The molecule has 0 radical (unpaired) electrons. The minimum absolute atomic E-state index is 0.118. The number of benzene rings is 1. The van der Waals surface area contributed by atoms with Crippen LogP contribution >= 0.6 is 22.3 Å². The van der Waals surface area contributed by atoms with E-state index in [1.54, 1.807) is 45.0 Å². The lowest BCUT2D eigenvalue weighted by Crippen LogP contribution is -2.39. The smallest absolute Gasteiger partial charge is 0.408 e. The highest BCUT2D eigenvalue weighted by Gasteiger charge is 2.21. The average molecular weight is 369 g/mol. The molecule has 0 aliphatic rings. The molecular weight excluding hydrogens is 351 g/mol. The molecule has 0 aromatic heterocycles. The molecule has 9 heteroatoms. The third-order valence-electron chi connectivity index (χ3n) is 2.42. The predicted molar refractivity (Wildman–Crippen MR) is 86.3 cm³/mol. The summed E-state index contributed by atoms with van der Waals surface area (Å²) in [6.07, 6.45) is -0.666. The van der Waals surface area contributed by atoms with Gasteiger partial charge in [0, 0.05) is 22.2 Å². The van der Waals surface area contributed by atoms with Crippen LogP contribution in [0.4, 0.5) is 4.79 Å². The second kappa shape index (κ2) is 7.50. The van der Waals surface area contributed by atoms with Crippen molar-refractivity contribution < 1.29 is 17.9 Å². The van der Waals surface area contributed by atoms with E-state index in [1.807, 2.05) is 0 Å². The number of carbonyl (C=O) groups is 1. The molecule has 0 saturated carbocycles. The van der Waals surface area contributed by atoms with Crippen LogP contribution in [-0.2, 0) is 14.0 Å². The van der Waals surface area contributed by atoms with Crippen LogP contribution in [-0.4, -0.2) is 26.7 Å². The molecule has 1 aromatic rings. The van der Waals surface area contributed by atoms with E-state index in [1.165, 1.54) is 0 Å². The maximum Gasteiger partial charge on any atom is 0.408 e. The highest BCUT2D eigenvalue weighted by molar-refractivity contribution is 8.12. The first-order chi connectivity index (χ1) is 9.96. The zero-order chi connectivity index (χ0) is 17.0. The van der Waals surface area contributed by atoms with Crippen molar-refractivity contribution in [1.29, 1.82) is 0 Å². The van der Waals surface area contributed by atoms with Gasteiger partial charge in [-0.25, -0.2) is 4.79 Å². The van der Waals surface area contributed by atoms with E-state index >= 15 is 0 Å². The predicted octanol–water partition coefficient (Wildman–Crippen LogP) is 2.98. The van der Waals surface area contributed by atoms with Gasteiger partial charge in [-0.2, -0.15) is 13.1 Å². The zero-order valence-electron chi connectivity index (χ0n) is 12.4. The third kappa shape index (κ3) is 7.84. The first-order valence-corrected chi connectivity index (χ1v) is 9.09. The number of hydrogen-bond acceptors (Lipinski definition) is 4. The van der Waals surface area contributed by atoms with Crippen molar-refractivity contribution in [3.05, 3.63) is 34.9 Å². The van der Waals surface area contributed by atoms with Gasteiger partial charge in [0.05, 0.1) is 6.04 Å². The van der Waals surface area contributed by atoms with E-state index in [-0.39, 0.29) is 6.54 Å². The SMILES string of the molecule is CC(C)(C)OC(=O)NC(CNS(=O)(=O)Cl)c1ccc(Cl)cc1. The highest BCUT2D eigenvalue weighted by Crippen LogP contribution is 2.17. The Labute approximate surface area is 139 Å². The Hall–Kier alpha value is -1.02. The third-order valence-corrected chi connectivity index (χ3v) is 3.51. The molecule has 1 atom stereocenters. The number of hydrogen-bond donors (Lipinski definition) is 2. The number of rotatable bonds is 5. The van der Waals surface area contributed by atoms with Crippen LogP contribution in [0.5, 0.6) is 0 Å². The summed E-state index contributed by atoms with van der Waals surface area (Å²) in [6, 6.07) is 5.96. The number of ether oxygens (including phenoxy) is 1. The summed E-state index contributed by atoms with van der Waals surface area (Å²) >= 11 is 5.81. The summed E-state index contributed by atoms with van der Waals surface area (Å²) < 4.78 is 29.3. The van der Waals surface area contributed by atoms with Crippen molar-refractivity contribution in [1.82, 2.24) is 10.0 Å². The van der Waals surface area contributed by atoms with Gasteiger partial charge in [0.15, 0.2) is 0 Å². The number of alkyl carbamates (subject to hydrolysis) is 1. The Bertz CT molecular complexity index is 612. The maximum absolute atomic E-state index is 11.9. The lowest BCUT2D eigenvalue weighted by atomic mass is 10.1. The van der Waals surface area contributed by atoms with Gasteiger partial charge < -0.3 is 10.1 Å². The largest absolute Gasteiger partial charge is 0.444 e. The lowest BCUT2D eigenvalue weighted by molar-refractivity contribution is 0.0504. The summed E-state index contributed by atoms with van der Waals surface area (Å²) in [5.41, 5.74) is -0.0104. The van der Waals surface area contributed by atoms with E-state index < -0.39 is 27.0 Å². The molecule has 124 valence electrons. The normalized spacial score (nSPS) is 13.5. The summed E-state index contributed by atoms with van der Waals surface area (Å²) in [6.45, 7) is 5.06. The molecule has 0 fully saturated rings. The van der Waals surface area contributed by atoms with Crippen molar-refractivity contribution in [3.8, 4) is 0 Å². The van der Waals surface area contributed by atoms with Crippen LogP contribution in [0.15, 0.2) is 24.3 Å². The fourth-order valence-electron chi connectivity index (χ4n) is 1.58. The minimum Gasteiger partial charge on any atom is -0.444 e. The maximum atomic E-state index is 11.9. The van der Waals surface area contributed by atoms with Gasteiger partial charge in [-0.1, -0.05) is 23.7 Å². The van der Waals surface area contributed by atoms with Gasteiger partial charge in [-0.3, -0.25) is 0 Å². The summed E-state index contributed by atoms with van der Waals surface area (Å²) in [7, 11) is 1.23. The second-order valence-corrected chi connectivity index (χ2v) is 8.36. The lowest BCUT2D eigenvalue weighted by Gasteiger charge is -2.24. The molecule has 1 unspecified atom stereocenters. The van der Waals surface area contributed by atoms with E-state index in [2.05, 4.69) is 10.0 Å². The molecule has 6 nitrogen and oxygen atoms in total. The van der Waals surface area contributed by atoms with Crippen LogP contribution < -0.4 is 10.0 Å². The molecule has 2 N–H and O–H groups in total. The molecule has 1 rings (SSSR count). The molecule has 0 aliphatic carbocycles. The van der Waals surface area contributed by atoms with Crippen LogP contribution in [0.25, 0.3) is 0 Å². The first-order valence-electron chi connectivity index (χ1n) is 6.40. The quantitative estimate of drug-likeness (QED) is 0.782. The van der Waals surface area contributed by atoms with Gasteiger partial charge >= 0.3 is 6.09 Å². The van der Waals surface area contributed by atoms with Crippen molar-refractivity contribution in [2.75, 3.05) is 6.54 Å². The van der Waals surface area contributed by atoms with Crippen LogP contribution in [0, 0.1) is 0 Å². The van der Waals surface area contributed by atoms with Crippen LogP contribution in [0.3, 0.4) is 0 Å². The molecular formula is C13H18Cl2N2O4S. The summed E-state index contributed by atoms with van der Waals surface area (Å²) in [4.78, 5) is 11.9. The topological polar surface area (TPSA) is 84.5 Å². The van der Waals surface area contributed by atoms with Gasteiger partial charge in [0.1, 0.15) is 5.60 Å². The Morgan fingerprint density at radius 1 is 1.27 bits per heavy atom. The van der Waals surface area contributed by atoms with Crippen molar-refractivity contribution in [3.63, 3.8) is 0 Å². The Balaban J connectivity index is 2.86. The Morgan fingerprint density at radius 3 is 2.27 bits per heavy atom. The monoisotopic (exact) mass is 368 g/mol. The fourth-order valence-corrected chi connectivity index (χ4v) is 2.26.